The molecule has 5 heteroatoms. The average Bonchev–Trinajstić information content (AvgIpc) is 2.76. The molecule has 1 heterocycles. The standard InChI is InChI=1S/C11H18N2O2S/c1-2-16-7-10-12-11(15-13-10)8-3-5-9(14)6-4-8/h8-9,14H,2-7H2,1H3. The lowest BCUT2D eigenvalue weighted by molar-refractivity contribution is 0.116. The minimum atomic E-state index is -0.130. The van der Waals surface area contributed by atoms with E-state index in [1.54, 1.807) is 11.8 Å². The molecule has 1 N–H and O–H groups in total. The Kier molecular flexibility index (Phi) is 4.23. The third-order valence-electron chi connectivity index (χ3n) is 2.97. The van der Waals surface area contributed by atoms with E-state index in [0.717, 1.165) is 48.9 Å². The molecule has 0 aromatic carbocycles. The molecule has 1 fully saturated rings. The summed E-state index contributed by atoms with van der Waals surface area (Å²) < 4.78 is 5.28. The number of aromatic nitrogens is 2. The van der Waals surface area contributed by atoms with Crippen molar-refractivity contribution in [2.75, 3.05) is 5.75 Å². The van der Waals surface area contributed by atoms with Crippen molar-refractivity contribution in [3.63, 3.8) is 0 Å². The third kappa shape index (κ3) is 2.98. The molecule has 0 bridgehead atoms. The maximum atomic E-state index is 9.43. The van der Waals surface area contributed by atoms with Crippen LogP contribution in [0.15, 0.2) is 4.52 Å². The maximum absolute atomic E-state index is 9.43. The molecule has 1 aromatic rings. The van der Waals surface area contributed by atoms with Crippen molar-refractivity contribution in [2.45, 2.75) is 50.4 Å². The number of hydrogen-bond donors (Lipinski definition) is 1. The van der Waals surface area contributed by atoms with E-state index in [1.807, 2.05) is 0 Å². The Morgan fingerprint density at radius 3 is 2.81 bits per heavy atom. The predicted molar refractivity (Wildman–Crippen MR) is 63.3 cm³/mol. The van der Waals surface area contributed by atoms with Crippen LogP contribution in [0.5, 0.6) is 0 Å². The molecule has 16 heavy (non-hydrogen) atoms. The van der Waals surface area contributed by atoms with Gasteiger partial charge in [-0.3, -0.25) is 0 Å². The van der Waals surface area contributed by atoms with Gasteiger partial charge in [-0.15, -0.1) is 0 Å². The molecule has 4 nitrogen and oxygen atoms in total. The monoisotopic (exact) mass is 242 g/mol. The van der Waals surface area contributed by atoms with Gasteiger partial charge in [0, 0.05) is 5.92 Å². The Morgan fingerprint density at radius 2 is 2.12 bits per heavy atom. The summed E-state index contributed by atoms with van der Waals surface area (Å²) in [6, 6.07) is 0. The summed E-state index contributed by atoms with van der Waals surface area (Å²) in [4.78, 5) is 4.42. The molecule has 0 spiro atoms. The summed E-state index contributed by atoms with van der Waals surface area (Å²) >= 11 is 1.80. The van der Waals surface area contributed by atoms with Crippen LogP contribution in [0.4, 0.5) is 0 Å². The molecule has 0 aliphatic heterocycles. The molecule has 90 valence electrons. The summed E-state index contributed by atoms with van der Waals surface area (Å²) in [5.74, 6) is 3.82. The smallest absolute Gasteiger partial charge is 0.229 e. The normalized spacial score (nSPS) is 25.9. The van der Waals surface area contributed by atoms with Crippen LogP contribution in [0.2, 0.25) is 0 Å². The number of nitrogens with zero attached hydrogens (tertiary/aromatic N) is 2. The number of thioether (sulfide) groups is 1. The fourth-order valence-electron chi connectivity index (χ4n) is 2.01. The van der Waals surface area contributed by atoms with Gasteiger partial charge in [0.2, 0.25) is 5.89 Å². The molecule has 2 rings (SSSR count). The van der Waals surface area contributed by atoms with Gasteiger partial charge >= 0.3 is 0 Å². The number of aliphatic hydroxyl groups is 1. The second-order valence-electron chi connectivity index (χ2n) is 4.19. The Labute approximate surface area is 99.8 Å². The van der Waals surface area contributed by atoms with E-state index in [0.29, 0.717) is 5.92 Å². The van der Waals surface area contributed by atoms with Gasteiger partial charge in [-0.05, 0) is 31.4 Å². The summed E-state index contributed by atoms with van der Waals surface area (Å²) in [6.07, 6.45) is 3.50. The number of aliphatic hydroxyl groups excluding tert-OH is 1. The van der Waals surface area contributed by atoms with Gasteiger partial charge in [0.1, 0.15) is 0 Å². The lowest BCUT2D eigenvalue weighted by Gasteiger charge is -2.22. The van der Waals surface area contributed by atoms with Crippen LogP contribution in [0.3, 0.4) is 0 Å². The van der Waals surface area contributed by atoms with Gasteiger partial charge in [0.05, 0.1) is 11.9 Å². The lowest BCUT2D eigenvalue weighted by Crippen LogP contribution is -2.17. The molecular formula is C11H18N2O2S. The second kappa shape index (κ2) is 5.68. The van der Waals surface area contributed by atoms with Crippen LogP contribution in [-0.4, -0.2) is 27.1 Å². The third-order valence-corrected chi connectivity index (χ3v) is 3.84. The van der Waals surface area contributed by atoms with Crippen LogP contribution in [0, 0.1) is 0 Å². The highest BCUT2D eigenvalue weighted by atomic mass is 32.2. The quantitative estimate of drug-likeness (QED) is 0.878. The molecule has 0 radical (unpaired) electrons. The van der Waals surface area contributed by atoms with Crippen LogP contribution in [0.1, 0.15) is 50.2 Å². The van der Waals surface area contributed by atoms with Gasteiger partial charge < -0.3 is 9.63 Å². The van der Waals surface area contributed by atoms with Gasteiger partial charge in [-0.2, -0.15) is 16.7 Å². The van der Waals surface area contributed by atoms with E-state index in [9.17, 15) is 5.11 Å². The Balaban J connectivity index is 1.91. The molecule has 0 amide bonds. The lowest BCUT2D eigenvalue weighted by atomic mass is 9.87. The van der Waals surface area contributed by atoms with Crippen LogP contribution in [0.25, 0.3) is 0 Å². The fraction of sp³-hybridized carbons (Fsp3) is 0.818. The zero-order valence-electron chi connectivity index (χ0n) is 9.56. The first-order valence-electron chi connectivity index (χ1n) is 5.88. The second-order valence-corrected chi connectivity index (χ2v) is 5.47. The molecule has 1 aliphatic rings. The van der Waals surface area contributed by atoms with Crippen molar-refractivity contribution >= 4 is 11.8 Å². The predicted octanol–water partition coefficient (Wildman–Crippen LogP) is 2.34. The van der Waals surface area contributed by atoms with Crippen molar-refractivity contribution in [2.24, 2.45) is 0 Å². The largest absolute Gasteiger partial charge is 0.393 e. The van der Waals surface area contributed by atoms with Crippen molar-refractivity contribution in [1.29, 1.82) is 0 Å². The van der Waals surface area contributed by atoms with Gasteiger partial charge in [0.25, 0.3) is 0 Å². The maximum Gasteiger partial charge on any atom is 0.229 e. The number of hydrogen-bond acceptors (Lipinski definition) is 5. The SMILES string of the molecule is CCSCc1noc(C2CCC(O)CC2)n1. The van der Waals surface area contributed by atoms with Crippen molar-refractivity contribution < 1.29 is 9.63 Å². The van der Waals surface area contributed by atoms with Crippen molar-refractivity contribution in [3.05, 3.63) is 11.7 Å². The molecule has 0 unspecified atom stereocenters. The van der Waals surface area contributed by atoms with E-state index >= 15 is 0 Å². The van der Waals surface area contributed by atoms with E-state index in [2.05, 4.69) is 17.1 Å². The summed E-state index contributed by atoms with van der Waals surface area (Å²) in [7, 11) is 0. The highest BCUT2D eigenvalue weighted by Crippen LogP contribution is 2.31. The van der Waals surface area contributed by atoms with E-state index < -0.39 is 0 Å². The molecule has 0 saturated heterocycles. The average molecular weight is 242 g/mol. The molecule has 0 atom stereocenters. The van der Waals surface area contributed by atoms with E-state index in [4.69, 9.17) is 4.52 Å². The zero-order valence-corrected chi connectivity index (χ0v) is 10.4. The zero-order chi connectivity index (χ0) is 11.4. The summed E-state index contributed by atoms with van der Waals surface area (Å²) in [5.41, 5.74) is 0. The highest BCUT2D eigenvalue weighted by Gasteiger charge is 2.25. The Bertz CT molecular complexity index is 322. The molecule has 1 saturated carbocycles. The van der Waals surface area contributed by atoms with Crippen molar-refractivity contribution in [1.82, 2.24) is 10.1 Å². The highest BCUT2D eigenvalue weighted by molar-refractivity contribution is 7.98. The number of rotatable bonds is 4. The van der Waals surface area contributed by atoms with Crippen molar-refractivity contribution in [3.8, 4) is 0 Å². The molecular weight excluding hydrogens is 224 g/mol. The molecule has 1 aliphatic carbocycles. The van der Waals surface area contributed by atoms with Crippen LogP contribution >= 0.6 is 11.8 Å². The summed E-state index contributed by atoms with van der Waals surface area (Å²) in [6.45, 7) is 2.12. The van der Waals surface area contributed by atoms with Gasteiger partial charge in [-0.25, -0.2) is 0 Å². The van der Waals surface area contributed by atoms with Crippen LogP contribution in [-0.2, 0) is 5.75 Å². The first-order chi connectivity index (χ1) is 7.79. The Hall–Kier alpha value is -0.550. The molecule has 1 aromatic heterocycles. The minimum absolute atomic E-state index is 0.130. The van der Waals surface area contributed by atoms with E-state index in [-0.39, 0.29) is 6.10 Å². The summed E-state index contributed by atoms with van der Waals surface area (Å²) in [5, 5.41) is 13.4. The van der Waals surface area contributed by atoms with Gasteiger partial charge in [-0.1, -0.05) is 12.1 Å². The van der Waals surface area contributed by atoms with Crippen LogP contribution < -0.4 is 0 Å². The van der Waals surface area contributed by atoms with E-state index in [1.165, 1.54) is 0 Å². The Morgan fingerprint density at radius 1 is 1.38 bits per heavy atom. The fourth-order valence-corrected chi connectivity index (χ4v) is 2.51. The minimum Gasteiger partial charge on any atom is -0.393 e. The van der Waals surface area contributed by atoms with Gasteiger partial charge in [0.15, 0.2) is 5.82 Å². The first-order valence-corrected chi connectivity index (χ1v) is 7.03. The first kappa shape index (κ1) is 11.9. The topological polar surface area (TPSA) is 59.2 Å².